The third-order valence-electron chi connectivity index (χ3n) is 4.45. The summed E-state index contributed by atoms with van der Waals surface area (Å²) >= 11 is 0. The van der Waals surface area contributed by atoms with Gasteiger partial charge in [0.05, 0.1) is 6.54 Å². The summed E-state index contributed by atoms with van der Waals surface area (Å²) in [4.78, 5) is 30.4. The van der Waals surface area contributed by atoms with Crippen molar-refractivity contribution in [2.45, 2.75) is 45.2 Å². The van der Waals surface area contributed by atoms with Crippen LogP contribution >= 0.6 is 0 Å². The van der Waals surface area contributed by atoms with Crippen molar-refractivity contribution in [1.29, 1.82) is 0 Å². The molecule has 1 heterocycles. The molecule has 1 aromatic rings. The van der Waals surface area contributed by atoms with Crippen LogP contribution in [0.15, 0.2) is 18.3 Å². The smallest absolute Gasteiger partial charge is 0.319 e. The fourth-order valence-corrected chi connectivity index (χ4v) is 2.77. The Morgan fingerprint density at radius 2 is 2.00 bits per heavy atom. The predicted octanol–water partition coefficient (Wildman–Crippen LogP) is 2.30. The van der Waals surface area contributed by atoms with E-state index in [0.29, 0.717) is 19.1 Å². The van der Waals surface area contributed by atoms with Crippen molar-refractivity contribution in [1.82, 2.24) is 19.3 Å². The molecule has 3 amide bonds. The van der Waals surface area contributed by atoms with E-state index < -0.39 is 0 Å². The predicted molar refractivity (Wildman–Crippen MR) is 94.5 cm³/mol. The molecule has 134 valence electrons. The van der Waals surface area contributed by atoms with Crippen molar-refractivity contribution in [2.24, 2.45) is 7.05 Å². The maximum absolute atomic E-state index is 12.9. The highest BCUT2D eigenvalue weighted by Gasteiger charge is 2.34. The Bertz CT molecular complexity index is 563. The first kappa shape index (κ1) is 18.4. The lowest BCUT2D eigenvalue weighted by Gasteiger charge is -2.29. The van der Waals surface area contributed by atoms with Gasteiger partial charge in [-0.3, -0.25) is 4.79 Å². The molecule has 0 N–H and O–H groups in total. The Hall–Kier alpha value is -1.98. The molecule has 0 atom stereocenters. The van der Waals surface area contributed by atoms with Crippen molar-refractivity contribution >= 4 is 11.9 Å². The van der Waals surface area contributed by atoms with Gasteiger partial charge in [-0.1, -0.05) is 13.3 Å². The zero-order valence-corrected chi connectivity index (χ0v) is 15.4. The number of urea groups is 1. The third kappa shape index (κ3) is 4.76. The Labute approximate surface area is 145 Å². The molecule has 1 aliphatic rings. The quantitative estimate of drug-likeness (QED) is 0.732. The van der Waals surface area contributed by atoms with E-state index in [1.165, 1.54) is 0 Å². The minimum absolute atomic E-state index is 0.0463. The highest BCUT2D eigenvalue weighted by molar-refractivity contribution is 5.84. The van der Waals surface area contributed by atoms with Gasteiger partial charge in [0.25, 0.3) is 0 Å². The molecule has 2 rings (SSSR count). The number of nitrogens with zero attached hydrogens (tertiary/aromatic N) is 4. The van der Waals surface area contributed by atoms with E-state index in [-0.39, 0.29) is 18.5 Å². The van der Waals surface area contributed by atoms with Gasteiger partial charge in [0, 0.05) is 45.6 Å². The van der Waals surface area contributed by atoms with Crippen LogP contribution in [0, 0.1) is 0 Å². The maximum Gasteiger partial charge on any atom is 0.319 e. The SMILES string of the molecule is CCCCN(CC(=O)N(Cc1cccn1C)C1CC1)C(=O)N(C)C. The van der Waals surface area contributed by atoms with Gasteiger partial charge in [0.2, 0.25) is 5.91 Å². The second-order valence-corrected chi connectivity index (χ2v) is 6.82. The van der Waals surface area contributed by atoms with Gasteiger partial charge in [-0.2, -0.15) is 0 Å². The molecule has 0 radical (unpaired) electrons. The third-order valence-corrected chi connectivity index (χ3v) is 4.45. The highest BCUT2D eigenvalue weighted by Crippen LogP contribution is 2.28. The molecule has 0 spiro atoms. The van der Waals surface area contributed by atoms with Gasteiger partial charge in [0.15, 0.2) is 0 Å². The number of hydrogen-bond acceptors (Lipinski definition) is 2. The molecule has 1 saturated carbocycles. The first-order valence-corrected chi connectivity index (χ1v) is 8.80. The fraction of sp³-hybridized carbons (Fsp3) is 0.667. The van der Waals surface area contributed by atoms with Crippen molar-refractivity contribution < 1.29 is 9.59 Å². The van der Waals surface area contributed by atoms with Crippen LogP contribution in [0.1, 0.15) is 38.3 Å². The average molecular weight is 334 g/mol. The second kappa shape index (κ2) is 8.22. The lowest BCUT2D eigenvalue weighted by Crippen LogP contribution is -2.47. The summed E-state index contributed by atoms with van der Waals surface area (Å²) in [5.41, 5.74) is 1.12. The van der Waals surface area contributed by atoms with E-state index >= 15 is 0 Å². The lowest BCUT2D eigenvalue weighted by atomic mass is 10.3. The molecule has 0 aromatic carbocycles. The van der Waals surface area contributed by atoms with Crippen molar-refractivity contribution in [3.8, 4) is 0 Å². The molecular weight excluding hydrogens is 304 g/mol. The Morgan fingerprint density at radius 3 is 2.50 bits per heavy atom. The monoisotopic (exact) mass is 334 g/mol. The van der Waals surface area contributed by atoms with Crippen LogP contribution in [0.2, 0.25) is 0 Å². The summed E-state index contributed by atoms with van der Waals surface area (Å²) in [6, 6.07) is 4.28. The molecule has 6 nitrogen and oxygen atoms in total. The number of rotatable bonds is 8. The second-order valence-electron chi connectivity index (χ2n) is 6.82. The number of aryl methyl sites for hydroxylation is 1. The summed E-state index contributed by atoms with van der Waals surface area (Å²) in [7, 11) is 5.46. The fourth-order valence-electron chi connectivity index (χ4n) is 2.77. The number of unbranched alkanes of at least 4 members (excludes halogenated alkanes) is 1. The average Bonchev–Trinajstić information content (AvgIpc) is 3.31. The lowest BCUT2D eigenvalue weighted by molar-refractivity contribution is -0.133. The summed E-state index contributed by atoms with van der Waals surface area (Å²) < 4.78 is 2.04. The minimum atomic E-state index is -0.0913. The van der Waals surface area contributed by atoms with Crippen LogP contribution in [0.25, 0.3) is 0 Å². The first-order chi connectivity index (χ1) is 11.4. The molecule has 1 aromatic heterocycles. The number of amides is 3. The zero-order valence-electron chi connectivity index (χ0n) is 15.4. The van der Waals surface area contributed by atoms with Gasteiger partial charge in [-0.25, -0.2) is 4.79 Å². The number of aromatic nitrogens is 1. The largest absolute Gasteiger partial charge is 0.353 e. The van der Waals surface area contributed by atoms with Gasteiger partial charge in [-0.05, 0) is 31.4 Å². The Morgan fingerprint density at radius 1 is 1.29 bits per heavy atom. The van der Waals surface area contributed by atoms with E-state index in [4.69, 9.17) is 0 Å². The van der Waals surface area contributed by atoms with Gasteiger partial charge in [-0.15, -0.1) is 0 Å². The van der Waals surface area contributed by atoms with Crippen molar-refractivity contribution in [2.75, 3.05) is 27.2 Å². The molecule has 0 bridgehead atoms. The summed E-state index contributed by atoms with van der Waals surface area (Å²) in [6.45, 7) is 3.50. The van der Waals surface area contributed by atoms with E-state index in [9.17, 15) is 9.59 Å². The molecule has 0 aliphatic heterocycles. The van der Waals surface area contributed by atoms with Gasteiger partial charge in [0.1, 0.15) is 6.54 Å². The van der Waals surface area contributed by atoms with Crippen molar-refractivity contribution in [3.63, 3.8) is 0 Å². The standard InChI is InChI=1S/C18H30N4O2/c1-5-6-12-21(18(24)19(2)3)14-17(23)22(15-9-10-15)13-16-8-7-11-20(16)4/h7-8,11,15H,5-6,9-10,12-14H2,1-4H3. The summed E-state index contributed by atoms with van der Waals surface area (Å²) in [5, 5.41) is 0. The molecule has 1 fully saturated rings. The summed E-state index contributed by atoms with van der Waals surface area (Å²) in [5.74, 6) is 0.0463. The highest BCUT2D eigenvalue weighted by atomic mass is 16.2. The van der Waals surface area contributed by atoms with Crippen LogP contribution in [0.4, 0.5) is 4.79 Å². The van der Waals surface area contributed by atoms with Crippen LogP contribution in [0.3, 0.4) is 0 Å². The van der Waals surface area contributed by atoms with Crippen LogP contribution < -0.4 is 0 Å². The molecule has 1 aliphatic carbocycles. The van der Waals surface area contributed by atoms with Crippen LogP contribution in [0.5, 0.6) is 0 Å². The van der Waals surface area contributed by atoms with E-state index in [2.05, 4.69) is 6.92 Å². The minimum Gasteiger partial charge on any atom is -0.353 e. The van der Waals surface area contributed by atoms with Crippen LogP contribution in [-0.2, 0) is 18.4 Å². The van der Waals surface area contributed by atoms with Crippen LogP contribution in [-0.4, -0.2) is 64.4 Å². The number of carbonyl (C=O) groups excluding carboxylic acids is 2. The van der Waals surface area contributed by atoms with Gasteiger partial charge < -0.3 is 19.3 Å². The Kier molecular flexibility index (Phi) is 6.29. The molecule has 0 unspecified atom stereocenters. The van der Waals surface area contributed by atoms with Crippen molar-refractivity contribution in [3.05, 3.63) is 24.0 Å². The van der Waals surface area contributed by atoms with E-state index in [1.54, 1.807) is 23.9 Å². The summed E-state index contributed by atoms with van der Waals surface area (Å²) in [6.07, 6.45) is 6.03. The maximum atomic E-state index is 12.9. The number of hydrogen-bond donors (Lipinski definition) is 0. The first-order valence-electron chi connectivity index (χ1n) is 8.80. The molecule has 0 saturated heterocycles. The Balaban J connectivity index is 2.04. The molecular formula is C18H30N4O2. The van der Waals surface area contributed by atoms with E-state index in [1.807, 2.05) is 34.8 Å². The topological polar surface area (TPSA) is 48.8 Å². The van der Waals surface area contributed by atoms with E-state index in [0.717, 1.165) is 31.4 Å². The van der Waals surface area contributed by atoms with Gasteiger partial charge >= 0.3 is 6.03 Å². The molecule has 6 heteroatoms. The number of carbonyl (C=O) groups is 2. The zero-order chi connectivity index (χ0) is 17.7. The molecule has 24 heavy (non-hydrogen) atoms. The normalized spacial score (nSPS) is 13.7.